The fourth-order valence-electron chi connectivity index (χ4n) is 1.84. The summed E-state index contributed by atoms with van der Waals surface area (Å²) in [5.74, 6) is -0.0355. The number of pyridine rings is 1. The van der Waals surface area contributed by atoms with E-state index in [1.165, 1.54) is 0 Å². The van der Waals surface area contributed by atoms with Gasteiger partial charge in [-0.3, -0.25) is 4.79 Å². The molecule has 0 spiro atoms. The van der Waals surface area contributed by atoms with E-state index in [0.717, 1.165) is 19.4 Å². The van der Waals surface area contributed by atoms with Gasteiger partial charge in [-0.2, -0.15) is 0 Å². The Bertz CT molecular complexity index is 373. The number of carbonyl (C=O) groups excluding carboxylic acids is 1. The van der Waals surface area contributed by atoms with Crippen LogP contribution in [0, 0.1) is 0 Å². The van der Waals surface area contributed by atoms with Crippen LogP contribution in [0.1, 0.15) is 23.2 Å². The molecule has 1 aromatic rings. The molecule has 1 fully saturated rings. The average molecular weight is 221 g/mol. The number of amides is 1. The van der Waals surface area contributed by atoms with Crippen LogP contribution in [0.2, 0.25) is 0 Å². The number of aryl methyl sites for hydroxylation is 1. The smallest absolute Gasteiger partial charge is 0.257 e. The van der Waals surface area contributed by atoms with E-state index in [1.807, 2.05) is 36.1 Å². The first kappa shape index (κ1) is 11.1. The number of rotatable bonds is 3. The number of ether oxygens (including phenoxy) is 1. The number of hydrogen-bond acceptors (Lipinski definition) is 2. The Labute approximate surface area is 95.2 Å². The SMILES string of the molecule is C[n+]1cccc(C(=O)NC[C@@H]2CCCO2)c1. The zero-order chi connectivity index (χ0) is 11.4. The van der Waals surface area contributed by atoms with Crippen LogP contribution in [0.15, 0.2) is 24.5 Å². The zero-order valence-corrected chi connectivity index (χ0v) is 9.48. The van der Waals surface area contributed by atoms with Gasteiger partial charge in [-0.05, 0) is 18.9 Å². The largest absolute Gasteiger partial charge is 0.376 e. The summed E-state index contributed by atoms with van der Waals surface area (Å²) in [6.45, 7) is 1.43. The minimum atomic E-state index is -0.0355. The van der Waals surface area contributed by atoms with E-state index in [9.17, 15) is 4.79 Å². The predicted molar refractivity (Wildman–Crippen MR) is 58.9 cm³/mol. The van der Waals surface area contributed by atoms with Crippen LogP contribution < -0.4 is 9.88 Å². The molecule has 4 heteroatoms. The first-order valence-electron chi connectivity index (χ1n) is 5.61. The molecule has 1 atom stereocenters. The van der Waals surface area contributed by atoms with Gasteiger partial charge in [-0.15, -0.1) is 0 Å². The molecule has 0 saturated carbocycles. The quantitative estimate of drug-likeness (QED) is 0.752. The normalized spacial score (nSPS) is 19.7. The number of nitrogens with one attached hydrogen (secondary N) is 1. The van der Waals surface area contributed by atoms with Gasteiger partial charge in [0.1, 0.15) is 12.6 Å². The topological polar surface area (TPSA) is 42.2 Å². The lowest BCUT2D eigenvalue weighted by Gasteiger charge is -2.09. The summed E-state index contributed by atoms with van der Waals surface area (Å²) in [7, 11) is 1.90. The van der Waals surface area contributed by atoms with Crippen molar-refractivity contribution >= 4 is 5.91 Å². The Balaban J connectivity index is 1.87. The Hall–Kier alpha value is -1.42. The van der Waals surface area contributed by atoms with Crippen LogP contribution in [0.4, 0.5) is 0 Å². The third kappa shape index (κ3) is 2.79. The van der Waals surface area contributed by atoms with Crippen molar-refractivity contribution in [2.24, 2.45) is 7.05 Å². The average Bonchev–Trinajstić information content (AvgIpc) is 2.78. The molecule has 16 heavy (non-hydrogen) atoms. The van der Waals surface area contributed by atoms with Gasteiger partial charge in [-0.25, -0.2) is 4.57 Å². The minimum absolute atomic E-state index is 0.0355. The first-order valence-corrected chi connectivity index (χ1v) is 5.61. The van der Waals surface area contributed by atoms with Gasteiger partial charge in [0.05, 0.1) is 6.10 Å². The molecule has 0 unspecified atom stereocenters. The van der Waals surface area contributed by atoms with Gasteiger partial charge in [0.15, 0.2) is 12.4 Å². The van der Waals surface area contributed by atoms with Crippen molar-refractivity contribution in [1.82, 2.24) is 5.32 Å². The number of nitrogens with zero attached hydrogens (tertiary/aromatic N) is 1. The molecule has 0 bridgehead atoms. The molecule has 1 N–H and O–H groups in total. The highest BCUT2D eigenvalue weighted by Crippen LogP contribution is 2.10. The van der Waals surface area contributed by atoms with Crippen LogP contribution in [-0.2, 0) is 11.8 Å². The Morgan fingerprint density at radius 1 is 1.69 bits per heavy atom. The summed E-state index contributed by atoms with van der Waals surface area (Å²) in [5, 5.41) is 2.89. The second kappa shape index (κ2) is 5.07. The molecule has 0 radical (unpaired) electrons. The third-order valence-electron chi connectivity index (χ3n) is 2.72. The lowest BCUT2D eigenvalue weighted by molar-refractivity contribution is -0.671. The second-order valence-electron chi connectivity index (χ2n) is 4.10. The molecule has 1 aliphatic rings. The van der Waals surface area contributed by atoms with Crippen molar-refractivity contribution < 1.29 is 14.1 Å². The fraction of sp³-hybridized carbons (Fsp3) is 0.500. The maximum atomic E-state index is 11.8. The summed E-state index contributed by atoms with van der Waals surface area (Å²) in [6, 6.07) is 3.67. The molecule has 86 valence electrons. The standard InChI is InChI=1S/C12H16N2O2/c1-14-6-2-4-10(9-14)12(15)13-8-11-5-3-7-16-11/h2,4,6,9,11H,3,5,7-8H2,1H3/p+1/t11-/m0/s1. The van der Waals surface area contributed by atoms with Gasteiger partial charge in [0.25, 0.3) is 5.91 Å². The molecule has 1 aromatic heterocycles. The van der Waals surface area contributed by atoms with Crippen molar-refractivity contribution in [2.75, 3.05) is 13.2 Å². The third-order valence-corrected chi connectivity index (χ3v) is 2.72. The van der Waals surface area contributed by atoms with E-state index in [2.05, 4.69) is 5.32 Å². The maximum Gasteiger partial charge on any atom is 0.257 e. The molecular weight excluding hydrogens is 204 g/mol. The van der Waals surface area contributed by atoms with Crippen molar-refractivity contribution in [3.05, 3.63) is 30.1 Å². The van der Waals surface area contributed by atoms with E-state index in [4.69, 9.17) is 4.74 Å². The highest BCUT2D eigenvalue weighted by atomic mass is 16.5. The summed E-state index contributed by atoms with van der Waals surface area (Å²) in [6.07, 6.45) is 6.05. The molecular formula is C12H17N2O2+. The van der Waals surface area contributed by atoms with Crippen LogP contribution in [0.3, 0.4) is 0 Å². The minimum Gasteiger partial charge on any atom is -0.376 e. The molecule has 1 aliphatic heterocycles. The van der Waals surface area contributed by atoms with Gasteiger partial charge in [-0.1, -0.05) is 0 Å². The predicted octanol–water partition coefficient (Wildman–Crippen LogP) is 0.420. The van der Waals surface area contributed by atoms with Crippen molar-refractivity contribution in [2.45, 2.75) is 18.9 Å². The van der Waals surface area contributed by atoms with Crippen LogP contribution >= 0.6 is 0 Å². The van der Waals surface area contributed by atoms with Gasteiger partial charge in [0, 0.05) is 19.2 Å². The Morgan fingerprint density at radius 2 is 2.56 bits per heavy atom. The van der Waals surface area contributed by atoms with Crippen molar-refractivity contribution in [3.63, 3.8) is 0 Å². The molecule has 2 rings (SSSR count). The molecule has 0 aromatic carbocycles. The highest BCUT2D eigenvalue weighted by Gasteiger charge is 2.17. The highest BCUT2D eigenvalue weighted by molar-refractivity contribution is 5.93. The lowest BCUT2D eigenvalue weighted by Crippen LogP contribution is -2.34. The number of hydrogen-bond donors (Lipinski definition) is 1. The molecule has 4 nitrogen and oxygen atoms in total. The van der Waals surface area contributed by atoms with Crippen LogP contribution in [0.25, 0.3) is 0 Å². The van der Waals surface area contributed by atoms with E-state index in [1.54, 1.807) is 0 Å². The molecule has 2 heterocycles. The Morgan fingerprint density at radius 3 is 3.25 bits per heavy atom. The number of aromatic nitrogens is 1. The monoisotopic (exact) mass is 221 g/mol. The van der Waals surface area contributed by atoms with Gasteiger partial charge >= 0.3 is 0 Å². The van der Waals surface area contributed by atoms with Crippen molar-refractivity contribution in [1.29, 1.82) is 0 Å². The summed E-state index contributed by atoms with van der Waals surface area (Å²) < 4.78 is 7.31. The van der Waals surface area contributed by atoms with E-state index in [0.29, 0.717) is 12.1 Å². The van der Waals surface area contributed by atoms with E-state index < -0.39 is 0 Å². The summed E-state index contributed by atoms with van der Waals surface area (Å²) in [4.78, 5) is 11.8. The van der Waals surface area contributed by atoms with E-state index >= 15 is 0 Å². The Kier molecular flexibility index (Phi) is 3.51. The van der Waals surface area contributed by atoms with Gasteiger partial charge < -0.3 is 10.1 Å². The van der Waals surface area contributed by atoms with Crippen LogP contribution in [-0.4, -0.2) is 25.2 Å². The second-order valence-corrected chi connectivity index (χ2v) is 4.10. The van der Waals surface area contributed by atoms with Gasteiger partial charge in [0.2, 0.25) is 0 Å². The lowest BCUT2D eigenvalue weighted by atomic mass is 10.2. The maximum absolute atomic E-state index is 11.8. The first-order chi connectivity index (χ1) is 7.75. The summed E-state index contributed by atoms with van der Waals surface area (Å²) >= 11 is 0. The van der Waals surface area contributed by atoms with Crippen LogP contribution in [0.5, 0.6) is 0 Å². The zero-order valence-electron chi connectivity index (χ0n) is 9.48. The fourth-order valence-corrected chi connectivity index (χ4v) is 1.84. The van der Waals surface area contributed by atoms with Crippen molar-refractivity contribution in [3.8, 4) is 0 Å². The molecule has 1 amide bonds. The summed E-state index contributed by atoms with van der Waals surface area (Å²) in [5.41, 5.74) is 0.683. The number of carbonyl (C=O) groups is 1. The molecule has 0 aliphatic carbocycles. The molecule has 1 saturated heterocycles. The van der Waals surface area contributed by atoms with E-state index in [-0.39, 0.29) is 12.0 Å².